The molecule has 0 aliphatic heterocycles. The van der Waals surface area contributed by atoms with Crippen LogP contribution in [0.1, 0.15) is 141 Å². The first-order chi connectivity index (χ1) is 21.9. The summed E-state index contributed by atoms with van der Waals surface area (Å²) in [6.45, 7) is 10.2. The fourth-order valence-corrected chi connectivity index (χ4v) is 5.46. The molecule has 1 amide bonds. The van der Waals surface area contributed by atoms with Crippen LogP contribution in [-0.2, 0) is 33.7 Å². The summed E-state index contributed by atoms with van der Waals surface area (Å²) < 4.78 is 6.94. The van der Waals surface area contributed by atoms with Crippen molar-refractivity contribution < 1.29 is 14.3 Å². The van der Waals surface area contributed by atoms with Crippen LogP contribution in [0.5, 0.6) is 0 Å². The lowest BCUT2D eigenvalue weighted by atomic mass is 10.1. The van der Waals surface area contributed by atoms with Gasteiger partial charge in [-0.25, -0.2) is 9.78 Å². The molecule has 0 aromatic carbocycles. The number of nitrogen functional groups attached to an aromatic ring is 1. The molecule has 2 aromatic rings. The molecule has 0 radical (unpaired) electrons. The summed E-state index contributed by atoms with van der Waals surface area (Å²) in [5, 5.41) is 8.48. The number of imidazole rings is 1. The minimum atomic E-state index is -0.355. The number of aromatic amines is 1. The lowest BCUT2D eigenvalue weighted by molar-refractivity contribution is -0.139. The number of ether oxygens (including phenoxy) is 1. The maximum Gasteiger partial charge on any atom is 0.333 e. The Balaban J connectivity index is 1.63. The van der Waals surface area contributed by atoms with E-state index in [1.54, 1.807) is 13.1 Å². The van der Waals surface area contributed by atoms with Gasteiger partial charge >= 0.3 is 5.97 Å². The van der Waals surface area contributed by atoms with Gasteiger partial charge < -0.3 is 20.4 Å². The number of carbonyl (C=O) groups is 2. The second-order valence-electron chi connectivity index (χ2n) is 12.5. The molecule has 10 heteroatoms. The molecule has 45 heavy (non-hydrogen) atoms. The van der Waals surface area contributed by atoms with Gasteiger partial charge in [-0.05, 0) is 45.4 Å². The molecule has 2 aromatic heterocycles. The molecule has 0 saturated heterocycles. The van der Waals surface area contributed by atoms with Gasteiger partial charge in [0, 0.05) is 49.9 Å². The summed E-state index contributed by atoms with van der Waals surface area (Å²) in [6, 6.07) is 0. The minimum Gasteiger partial charge on any atom is -0.462 e. The smallest absolute Gasteiger partial charge is 0.333 e. The van der Waals surface area contributed by atoms with Crippen molar-refractivity contribution in [3.8, 4) is 0 Å². The summed E-state index contributed by atoms with van der Waals surface area (Å²) in [4.78, 5) is 33.8. The Morgan fingerprint density at radius 3 is 2.11 bits per heavy atom. The summed E-state index contributed by atoms with van der Waals surface area (Å²) in [7, 11) is 0. The fraction of sp³-hybridized carbons (Fsp3) is 0.743. The second-order valence-corrected chi connectivity index (χ2v) is 12.5. The van der Waals surface area contributed by atoms with E-state index in [-0.39, 0.29) is 11.9 Å². The number of rotatable bonds is 28. The average molecular weight is 628 g/mol. The molecule has 0 bridgehead atoms. The van der Waals surface area contributed by atoms with Crippen molar-refractivity contribution in [2.45, 2.75) is 149 Å². The van der Waals surface area contributed by atoms with Crippen LogP contribution in [0.2, 0.25) is 0 Å². The van der Waals surface area contributed by atoms with Crippen LogP contribution in [0.15, 0.2) is 24.5 Å². The molecule has 2 rings (SSSR count). The largest absolute Gasteiger partial charge is 0.462 e. The van der Waals surface area contributed by atoms with Crippen molar-refractivity contribution in [2.24, 2.45) is 0 Å². The van der Waals surface area contributed by atoms with Gasteiger partial charge in [0.2, 0.25) is 5.91 Å². The van der Waals surface area contributed by atoms with Crippen LogP contribution < -0.4 is 5.73 Å². The van der Waals surface area contributed by atoms with Gasteiger partial charge in [-0.1, -0.05) is 95.8 Å². The fourth-order valence-electron chi connectivity index (χ4n) is 5.46. The Morgan fingerprint density at radius 2 is 1.51 bits per heavy atom. The summed E-state index contributed by atoms with van der Waals surface area (Å²) in [5.74, 6) is 0.338. The lowest BCUT2D eigenvalue weighted by Gasteiger charge is -2.23. The van der Waals surface area contributed by atoms with E-state index in [9.17, 15) is 9.59 Å². The third kappa shape index (κ3) is 18.4. The zero-order valence-electron chi connectivity index (χ0n) is 28.4. The van der Waals surface area contributed by atoms with E-state index in [4.69, 9.17) is 10.5 Å². The van der Waals surface area contributed by atoms with E-state index >= 15 is 0 Å². The third-order valence-electron chi connectivity index (χ3n) is 8.18. The quantitative estimate of drug-likeness (QED) is 0.0572. The maximum atomic E-state index is 13.1. The van der Waals surface area contributed by atoms with Gasteiger partial charge in [0.25, 0.3) is 0 Å². The number of nitrogens with zero attached hydrogens (tertiary/aromatic N) is 5. The first-order valence-electron chi connectivity index (χ1n) is 17.7. The first kappa shape index (κ1) is 38.0. The van der Waals surface area contributed by atoms with E-state index in [1.165, 1.54) is 64.2 Å². The Hall–Kier alpha value is -3.17. The number of aryl methyl sites for hydroxylation is 3. The third-order valence-corrected chi connectivity index (χ3v) is 8.18. The number of unbranched alkanes of at least 4 members (excludes halogenated alkanes) is 13. The van der Waals surface area contributed by atoms with Gasteiger partial charge in [-0.2, -0.15) is 0 Å². The van der Waals surface area contributed by atoms with E-state index in [1.807, 2.05) is 10.9 Å². The van der Waals surface area contributed by atoms with Gasteiger partial charge in [-0.3, -0.25) is 9.48 Å². The molecule has 0 fully saturated rings. The number of carbonyl (C=O) groups excluding carboxylic acids is 2. The maximum absolute atomic E-state index is 13.1. The molecule has 2 heterocycles. The van der Waals surface area contributed by atoms with Crippen LogP contribution in [-0.4, -0.2) is 61.4 Å². The Morgan fingerprint density at radius 1 is 0.889 bits per heavy atom. The molecule has 0 atom stereocenters. The van der Waals surface area contributed by atoms with Gasteiger partial charge in [0.1, 0.15) is 0 Å². The summed E-state index contributed by atoms with van der Waals surface area (Å²) >= 11 is 0. The van der Waals surface area contributed by atoms with E-state index in [0.717, 1.165) is 75.8 Å². The first-order valence-corrected chi connectivity index (χ1v) is 17.7. The van der Waals surface area contributed by atoms with Gasteiger partial charge in [0.15, 0.2) is 5.95 Å². The lowest BCUT2D eigenvalue weighted by Crippen LogP contribution is -2.33. The summed E-state index contributed by atoms with van der Waals surface area (Å²) in [6.07, 6.45) is 26.2. The number of nitrogens with one attached hydrogen (secondary N) is 1. The Labute approximate surface area is 272 Å². The van der Waals surface area contributed by atoms with Gasteiger partial charge in [0.05, 0.1) is 18.5 Å². The zero-order valence-corrected chi connectivity index (χ0v) is 28.4. The number of H-pyrrole nitrogens is 1. The molecule has 0 unspecified atom stereocenters. The van der Waals surface area contributed by atoms with Crippen LogP contribution in [0.3, 0.4) is 0 Å². The SMILES string of the molecule is C=C(C)C(=O)OCCCn1cc(CCCCCCN(CCCCCCCCCCCCC)C(=O)CCCc2cnc(N)[nH]2)nn1. The van der Waals surface area contributed by atoms with Gasteiger partial charge in [-0.15, -0.1) is 5.10 Å². The molecular weight excluding hydrogens is 566 g/mol. The number of hydrogen-bond donors (Lipinski definition) is 2. The standard InChI is InChI=1S/C35H61N7O3/c1-4-5-6-7-8-9-10-11-12-14-17-24-41(33(43)23-19-22-31-28-37-35(36)38-31)25-18-15-13-16-21-32-29-42(40-39-32)26-20-27-45-34(44)30(2)3/h28-29H,2,4-27H2,1,3H3,(H3,36,37,38). The molecule has 10 nitrogen and oxygen atoms in total. The molecule has 0 aliphatic rings. The van der Waals surface area contributed by atoms with Crippen LogP contribution >= 0.6 is 0 Å². The van der Waals surface area contributed by atoms with Crippen molar-refractivity contribution in [3.63, 3.8) is 0 Å². The highest BCUT2D eigenvalue weighted by Crippen LogP contribution is 2.14. The average Bonchev–Trinajstić information content (AvgIpc) is 3.66. The second kappa shape index (κ2) is 24.1. The van der Waals surface area contributed by atoms with Crippen LogP contribution in [0.4, 0.5) is 5.95 Å². The number of anilines is 1. The summed E-state index contributed by atoms with van der Waals surface area (Å²) in [5.41, 5.74) is 8.07. The van der Waals surface area contributed by atoms with Crippen molar-refractivity contribution in [2.75, 3.05) is 25.4 Å². The van der Waals surface area contributed by atoms with E-state index < -0.39 is 0 Å². The molecule has 0 spiro atoms. The monoisotopic (exact) mass is 627 g/mol. The van der Waals surface area contributed by atoms with Crippen molar-refractivity contribution in [1.82, 2.24) is 29.9 Å². The number of amides is 1. The Kier molecular flexibility index (Phi) is 20.4. The number of nitrogens with two attached hydrogens (primary N) is 1. The van der Waals surface area contributed by atoms with Crippen LogP contribution in [0, 0.1) is 0 Å². The van der Waals surface area contributed by atoms with E-state index in [0.29, 0.717) is 37.5 Å². The number of esters is 1. The highest BCUT2D eigenvalue weighted by atomic mass is 16.5. The molecular formula is C35H61N7O3. The molecule has 254 valence electrons. The number of hydrogen-bond acceptors (Lipinski definition) is 7. The molecule has 3 N–H and O–H groups in total. The minimum absolute atomic E-state index is 0.264. The highest BCUT2D eigenvalue weighted by Gasteiger charge is 2.13. The normalized spacial score (nSPS) is 11.2. The topological polar surface area (TPSA) is 132 Å². The predicted molar refractivity (Wildman–Crippen MR) is 182 cm³/mol. The predicted octanol–water partition coefficient (Wildman–Crippen LogP) is 7.36. The molecule has 0 aliphatic carbocycles. The van der Waals surface area contributed by atoms with Crippen molar-refractivity contribution in [1.29, 1.82) is 0 Å². The van der Waals surface area contributed by atoms with E-state index in [2.05, 4.69) is 38.7 Å². The van der Waals surface area contributed by atoms with Crippen molar-refractivity contribution >= 4 is 17.8 Å². The number of aromatic nitrogens is 5. The van der Waals surface area contributed by atoms with Crippen LogP contribution in [0.25, 0.3) is 0 Å². The Bertz CT molecular complexity index is 1080. The zero-order chi connectivity index (χ0) is 32.5. The molecule has 0 saturated carbocycles. The van der Waals surface area contributed by atoms with Crippen molar-refractivity contribution in [3.05, 3.63) is 35.9 Å². The highest BCUT2D eigenvalue weighted by molar-refractivity contribution is 5.86.